The molecule has 0 heterocycles. The monoisotopic (exact) mass is 296 g/mol. The van der Waals surface area contributed by atoms with Gasteiger partial charge in [0.1, 0.15) is 5.75 Å². The minimum absolute atomic E-state index is 0.312. The van der Waals surface area contributed by atoms with Gasteiger partial charge >= 0.3 is 12.0 Å². The molecule has 1 aromatic rings. The number of benzene rings is 1. The summed E-state index contributed by atoms with van der Waals surface area (Å²) in [5.41, 5.74) is 0.423. The molecule has 1 aromatic carbocycles. The summed E-state index contributed by atoms with van der Waals surface area (Å²) < 4.78 is 10.3. The van der Waals surface area contributed by atoms with E-state index in [1.54, 1.807) is 31.3 Å². The predicted molar refractivity (Wildman–Crippen MR) is 77.7 cm³/mol. The van der Waals surface area contributed by atoms with Crippen LogP contribution in [0.5, 0.6) is 5.75 Å². The zero-order chi connectivity index (χ0) is 15.7. The Morgan fingerprint density at radius 3 is 2.71 bits per heavy atom. The molecule has 0 aliphatic carbocycles. The number of aliphatic carboxylic acids is 1. The topological polar surface area (TPSA) is 88.1 Å². The van der Waals surface area contributed by atoms with E-state index in [1.807, 2.05) is 6.92 Å². The van der Waals surface area contributed by atoms with Gasteiger partial charge in [0.15, 0.2) is 6.61 Å². The molecular weight excluding hydrogens is 276 g/mol. The van der Waals surface area contributed by atoms with Gasteiger partial charge in [0, 0.05) is 20.2 Å². The Hall–Kier alpha value is -2.28. The van der Waals surface area contributed by atoms with Gasteiger partial charge in [0.25, 0.3) is 0 Å². The molecule has 0 aromatic heterocycles. The van der Waals surface area contributed by atoms with E-state index in [-0.39, 0.29) is 6.03 Å². The smallest absolute Gasteiger partial charge is 0.341 e. The molecule has 0 fully saturated rings. The number of nitrogens with one attached hydrogen (secondary N) is 1. The first-order valence-electron chi connectivity index (χ1n) is 6.58. The molecule has 0 radical (unpaired) electrons. The van der Waals surface area contributed by atoms with Crippen molar-refractivity contribution < 1.29 is 24.2 Å². The van der Waals surface area contributed by atoms with Gasteiger partial charge in [-0.15, -0.1) is 0 Å². The van der Waals surface area contributed by atoms with Crippen LogP contribution in [-0.2, 0) is 9.53 Å². The van der Waals surface area contributed by atoms with Crippen LogP contribution in [0.4, 0.5) is 10.5 Å². The molecule has 7 heteroatoms. The van der Waals surface area contributed by atoms with E-state index >= 15 is 0 Å². The van der Waals surface area contributed by atoms with Crippen molar-refractivity contribution in [1.29, 1.82) is 0 Å². The summed E-state index contributed by atoms with van der Waals surface area (Å²) in [6, 6.07) is 6.35. The highest BCUT2D eigenvalue weighted by atomic mass is 16.5. The summed E-state index contributed by atoms with van der Waals surface area (Å²) in [6.07, 6.45) is 0. The first-order valence-corrected chi connectivity index (χ1v) is 6.58. The third kappa shape index (κ3) is 6.13. The average molecular weight is 296 g/mol. The molecule has 0 atom stereocenters. The van der Waals surface area contributed by atoms with Crippen LogP contribution in [0.2, 0.25) is 0 Å². The van der Waals surface area contributed by atoms with Crippen molar-refractivity contribution in [3.05, 3.63) is 24.3 Å². The second-order valence-corrected chi connectivity index (χ2v) is 4.23. The van der Waals surface area contributed by atoms with Gasteiger partial charge in [0.2, 0.25) is 0 Å². The van der Waals surface area contributed by atoms with Crippen LogP contribution in [0.15, 0.2) is 24.3 Å². The minimum Gasteiger partial charge on any atom is -0.480 e. The number of nitrogens with zero attached hydrogens (tertiary/aromatic N) is 1. The Bertz CT molecular complexity index is 478. The number of carbonyl (C=O) groups excluding carboxylic acids is 1. The maximum atomic E-state index is 12.0. The van der Waals surface area contributed by atoms with E-state index in [2.05, 4.69) is 5.32 Å². The molecule has 116 valence electrons. The summed E-state index contributed by atoms with van der Waals surface area (Å²) in [5.74, 6) is -0.767. The summed E-state index contributed by atoms with van der Waals surface area (Å²) >= 11 is 0. The molecule has 0 aliphatic rings. The molecule has 21 heavy (non-hydrogen) atoms. The van der Waals surface area contributed by atoms with Crippen LogP contribution in [0.1, 0.15) is 6.92 Å². The minimum atomic E-state index is -1.08. The summed E-state index contributed by atoms with van der Waals surface area (Å²) in [5, 5.41) is 11.3. The summed E-state index contributed by atoms with van der Waals surface area (Å²) in [6.45, 7) is 2.93. The number of anilines is 1. The van der Waals surface area contributed by atoms with Crippen LogP contribution in [0.3, 0.4) is 0 Å². The van der Waals surface area contributed by atoms with Crippen molar-refractivity contribution in [2.45, 2.75) is 6.92 Å². The quantitative estimate of drug-likeness (QED) is 0.712. The Morgan fingerprint density at radius 1 is 1.33 bits per heavy atom. The number of urea groups is 1. The summed E-state index contributed by atoms with van der Waals surface area (Å²) in [4.78, 5) is 24.0. The first-order chi connectivity index (χ1) is 10.0. The predicted octanol–water partition coefficient (Wildman–Crippen LogP) is 1.65. The number of amides is 2. The van der Waals surface area contributed by atoms with Crippen molar-refractivity contribution >= 4 is 17.7 Å². The molecule has 0 bridgehead atoms. The molecular formula is C14H20N2O5. The van der Waals surface area contributed by atoms with Crippen molar-refractivity contribution in [3.8, 4) is 5.75 Å². The Balaban J connectivity index is 2.60. The summed E-state index contributed by atoms with van der Waals surface area (Å²) in [7, 11) is 1.65. The number of carbonyl (C=O) groups is 2. The molecule has 0 saturated carbocycles. The zero-order valence-electron chi connectivity index (χ0n) is 12.2. The van der Waals surface area contributed by atoms with E-state index in [0.717, 1.165) is 0 Å². The fourth-order valence-electron chi connectivity index (χ4n) is 1.49. The van der Waals surface area contributed by atoms with Crippen LogP contribution >= 0.6 is 0 Å². The highest BCUT2D eigenvalue weighted by Gasteiger charge is 2.12. The lowest BCUT2D eigenvalue weighted by Gasteiger charge is -2.19. The maximum Gasteiger partial charge on any atom is 0.341 e. The zero-order valence-corrected chi connectivity index (χ0v) is 12.2. The number of likely N-dealkylation sites (N-methyl/N-ethyl adjacent to an activating group) is 1. The fourth-order valence-corrected chi connectivity index (χ4v) is 1.49. The van der Waals surface area contributed by atoms with Crippen LogP contribution in [-0.4, -0.2) is 55.4 Å². The second kappa shape index (κ2) is 8.80. The molecule has 0 saturated heterocycles. The number of rotatable bonds is 8. The molecule has 2 amide bonds. The van der Waals surface area contributed by atoms with Crippen molar-refractivity contribution in [1.82, 2.24) is 4.90 Å². The molecule has 0 spiro atoms. The van der Waals surface area contributed by atoms with Crippen molar-refractivity contribution in [2.75, 3.05) is 38.7 Å². The van der Waals surface area contributed by atoms with Gasteiger partial charge in [0.05, 0.1) is 12.3 Å². The van der Waals surface area contributed by atoms with E-state index in [9.17, 15) is 9.59 Å². The largest absolute Gasteiger partial charge is 0.480 e. The molecule has 7 nitrogen and oxygen atoms in total. The van der Waals surface area contributed by atoms with Crippen LogP contribution in [0, 0.1) is 0 Å². The number of ether oxygens (including phenoxy) is 2. The van der Waals surface area contributed by atoms with Gasteiger partial charge in [-0.1, -0.05) is 12.1 Å². The Morgan fingerprint density at radius 2 is 2.05 bits per heavy atom. The first kappa shape index (κ1) is 16.8. The maximum absolute atomic E-state index is 12.0. The van der Waals surface area contributed by atoms with Crippen molar-refractivity contribution in [2.24, 2.45) is 0 Å². The van der Waals surface area contributed by atoms with Gasteiger partial charge in [-0.05, 0) is 19.1 Å². The SMILES string of the molecule is CCOCCN(C)C(=O)Nc1ccccc1OCC(=O)O. The normalized spacial score (nSPS) is 10.0. The molecule has 0 aliphatic heterocycles. The second-order valence-electron chi connectivity index (χ2n) is 4.23. The fraction of sp³-hybridized carbons (Fsp3) is 0.429. The Labute approximate surface area is 123 Å². The highest BCUT2D eigenvalue weighted by Crippen LogP contribution is 2.23. The van der Waals surface area contributed by atoms with E-state index in [1.165, 1.54) is 4.90 Å². The van der Waals surface area contributed by atoms with Gasteiger partial charge < -0.3 is 24.8 Å². The number of carboxylic acids is 1. The lowest BCUT2D eigenvalue weighted by molar-refractivity contribution is -0.139. The number of carboxylic acid groups (broad SMARTS) is 1. The van der Waals surface area contributed by atoms with Crippen LogP contribution < -0.4 is 10.1 Å². The van der Waals surface area contributed by atoms with Gasteiger partial charge in [-0.25, -0.2) is 9.59 Å². The van der Waals surface area contributed by atoms with Gasteiger partial charge in [-0.2, -0.15) is 0 Å². The number of para-hydroxylation sites is 2. The van der Waals surface area contributed by atoms with Gasteiger partial charge in [-0.3, -0.25) is 0 Å². The molecule has 1 rings (SSSR count). The average Bonchev–Trinajstić information content (AvgIpc) is 2.46. The molecule has 2 N–H and O–H groups in total. The van der Waals surface area contributed by atoms with Crippen molar-refractivity contribution in [3.63, 3.8) is 0 Å². The van der Waals surface area contributed by atoms with E-state index in [0.29, 0.717) is 31.2 Å². The van der Waals surface area contributed by atoms with E-state index in [4.69, 9.17) is 14.6 Å². The lowest BCUT2D eigenvalue weighted by atomic mass is 10.3. The van der Waals surface area contributed by atoms with E-state index < -0.39 is 12.6 Å². The Kier molecular flexibility index (Phi) is 7.03. The third-order valence-electron chi connectivity index (χ3n) is 2.60. The highest BCUT2D eigenvalue weighted by molar-refractivity contribution is 5.90. The third-order valence-corrected chi connectivity index (χ3v) is 2.60. The molecule has 0 unspecified atom stereocenters. The van der Waals surface area contributed by atoms with Crippen LogP contribution in [0.25, 0.3) is 0 Å². The lowest BCUT2D eigenvalue weighted by Crippen LogP contribution is -2.34. The number of hydrogen-bond acceptors (Lipinski definition) is 4. The number of hydrogen-bond donors (Lipinski definition) is 2. The standard InChI is InChI=1S/C14H20N2O5/c1-3-20-9-8-16(2)14(19)15-11-6-4-5-7-12(11)21-10-13(17)18/h4-7H,3,8-10H2,1-2H3,(H,15,19)(H,17,18).